The van der Waals surface area contributed by atoms with Crippen molar-refractivity contribution < 1.29 is 14.4 Å². The maximum Gasteiger partial charge on any atom is 0.228 e. The molecule has 3 fully saturated rings. The fourth-order valence-electron chi connectivity index (χ4n) is 13.4. The van der Waals surface area contributed by atoms with Gasteiger partial charge >= 0.3 is 0 Å². The number of amides is 3. The van der Waals surface area contributed by atoms with Gasteiger partial charge in [-0.3, -0.25) is 14.4 Å². The van der Waals surface area contributed by atoms with Gasteiger partial charge in [-0.2, -0.15) is 0 Å². The van der Waals surface area contributed by atoms with Crippen LogP contribution in [0.25, 0.3) is 0 Å². The van der Waals surface area contributed by atoms with Crippen molar-refractivity contribution in [2.75, 3.05) is 44.2 Å². The van der Waals surface area contributed by atoms with E-state index in [0.29, 0.717) is 18.3 Å². The average molecular weight is 1030 g/mol. The van der Waals surface area contributed by atoms with E-state index >= 15 is 0 Å². The first-order valence-corrected chi connectivity index (χ1v) is 27.9. The highest BCUT2D eigenvalue weighted by Crippen LogP contribution is 2.48. The third-order valence-electron chi connectivity index (χ3n) is 17.5. The Kier molecular flexibility index (Phi) is 19.3. The molecule has 0 radical (unpaired) electrons. The van der Waals surface area contributed by atoms with Crippen LogP contribution in [0.3, 0.4) is 0 Å². The molecule has 3 heterocycles. The Morgan fingerprint density at radius 3 is 1.44 bits per heavy atom. The molecule has 0 bridgehead atoms. The van der Waals surface area contributed by atoms with Crippen molar-refractivity contribution in [2.45, 2.75) is 81.5 Å². The van der Waals surface area contributed by atoms with E-state index in [2.05, 4.69) is 163 Å². The number of hydrogen-bond acceptors (Lipinski definition) is 6. The molecular formula is C68H80N6O3. The summed E-state index contributed by atoms with van der Waals surface area (Å²) in [5.41, 5.74) is 26.1. The monoisotopic (exact) mass is 1030 g/mol. The van der Waals surface area contributed by atoms with Crippen LogP contribution < -0.4 is 32.7 Å². The zero-order valence-corrected chi connectivity index (χ0v) is 45.4. The second-order valence-corrected chi connectivity index (χ2v) is 21.5. The van der Waals surface area contributed by atoms with E-state index in [-0.39, 0.29) is 47.3 Å². The molecule has 9 atom stereocenters. The molecule has 400 valence electrons. The molecule has 8 N–H and O–H groups in total. The van der Waals surface area contributed by atoms with Gasteiger partial charge in [-0.05, 0) is 121 Å². The highest BCUT2D eigenvalue weighted by molar-refractivity contribution is 5.88. The third-order valence-corrected chi connectivity index (χ3v) is 17.5. The van der Waals surface area contributed by atoms with Crippen molar-refractivity contribution in [3.63, 3.8) is 0 Å². The van der Waals surface area contributed by atoms with Gasteiger partial charge in [0.25, 0.3) is 0 Å². The van der Waals surface area contributed by atoms with Crippen molar-refractivity contribution in [1.29, 1.82) is 0 Å². The first-order valence-electron chi connectivity index (χ1n) is 27.9. The minimum Gasteiger partial charge on any atom is -0.371 e. The maximum absolute atomic E-state index is 13.3. The number of aryl methyl sites for hydroxylation is 1. The van der Waals surface area contributed by atoms with Crippen LogP contribution in [-0.4, -0.2) is 57.0 Å². The summed E-state index contributed by atoms with van der Waals surface area (Å²) in [6.07, 6.45) is 4.18. The zero-order chi connectivity index (χ0) is 54.2. The van der Waals surface area contributed by atoms with Gasteiger partial charge in [0.15, 0.2) is 0 Å². The number of para-hydroxylation sites is 1. The molecule has 3 aliphatic heterocycles. The Morgan fingerprint density at radius 1 is 0.545 bits per heavy atom. The molecule has 9 heteroatoms. The molecule has 3 amide bonds. The van der Waals surface area contributed by atoms with E-state index < -0.39 is 10.8 Å². The number of rotatable bonds is 15. The summed E-state index contributed by atoms with van der Waals surface area (Å²) in [5.74, 6) is 0.719. The number of benzene rings is 7. The molecule has 7 aromatic rings. The van der Waals surface area contributed by atoms with Gasteiger partial charge in [-0.25, -0.2) is 0 Å². The summed E-state index contributed by atoms with van der Waals surface area (Å²) in [7, 11) is 0. The summed E-state index contributed by atoms with van der Waals surface area (Å²) >= 11 is 0. The molecule has 0 aromatic heterocycles. The minimum atomic E-state index is -0.759. The van der Waals surface area contributed by atoms with Crippen LogP contribution in [-0.2, 0) is 31.6 Å². The topological polar surface area (TPSA) is 157 Å². The van der Waals surface area contributed by atoms with Gasteiger partial charge in [0.1, 0.15) is 0 Å². The van der Waals surface area contributed by atoms with Crippen LogP contribution in [0, 0.1) is 30.6 Å². The number of primary amides is 3. The standard InChI is InChI=1S/C26H28N2O.C22H28N2O.C20H24N2O/c27-25(29)26(22-14-8-3-9-15-22,18-20-10-4-1-5-11-20)24-16-17-28-19-23(24)21-12-6-2-7-13-21;1-3-22(21(23)25,19-12-8-7-9-16(19)2)20-13-14-24-15-18(20)17-10-5-4-6-11-17;1-15(20(21)23)18-12-13-22(17-10-6-3-7-11-17)14-19(18)16-8-4-2-5-9-16/h1-15,23-24,28H,16-19H2,(H2,27,29);4-12,18,20,24H,3,13-15H2,1-2H3,(H2,23,25);2-11,15,18-19H,12-14H2,1H3,(H2,21,23). The van der Waals surface area contributed by atoms with Crippen LogP contribution in [0.15, 0.2) is 206 Å². The summed E-state index contributed by atoms with van der Waals surface area (Å²) in [6.45, 7) is 11.6. The summed E-state index contributed by atoms with van der Waals surface area (Å²) in [4.78, 5) is 40.3. The fraction of sp³-hybridized carbons (Fsp3) is 0.338. The predicted octanol–water partition coefficient (Wildman–Crippen LogP) is 11.0. The Hall–Kier alpha value is -7.33. The smallest absolute Gasteiger partial charge is 0.228 e. The largest absolute Gasteiger partial charge is 0.371 e. The minimum absolute atomic E-state index is 0.0990. The number of piperidine rings is 3. The molecule has 10 rings (SSSR count). The summed E-state index contributed by atoms with van der Waals surface area (Å²) in [6, 6.07) is 70.7. The molecule has 9 unspecified atom stereocenters. The quantitative estimate of drug-likeness (QED) is 0.0688. The van der Waals surface area contributed by atoms with E-state index in [1.165, 1.54) is 22.4 Å². The van der Waals surface area contributed by atoms with Crippen molar-refractivity contribution >= 4 is 23.4 Å². The van der Waals surface area contributed by atoms with Crippen molar-refractivity contribution in [1.82, 2.24) is 10.6 Å². The van der Waals surface area contributed by atoms with Crippen LogP contribution in [0.5, 0.6) is 0 Å². The zero-order valence-electron chi connectivity index (χ0n) is 45.4. The average Bonchev–Trinajstić information content (AvgIpc) is 3.50. The molecule has 9 nitrogen and oxygen atoms in total. The highest BCUT2D eigenvalue weighted by Gasteiger charge is 2.51. The maximum atomic E-state index is 13.3. The molecule has 7 aromatic carbocycles. The number of hydrogen-bond donors (Lipinski definition) is 5. The SMILES string of the molecule is CC(C(N)=O)C1CCN(c2ccccc2)CC1c1ccccc1.CCC(C(N)=O)(c1ccccc1C)C1CCNCC1c1ccccc1.NC(=O)C(Cc1ccccc1)(c1ccccc1)C1CCNCC1c1ccccc1. The van der Waals surface area contributed by atoms with Gasteiger partial charge < -0.3 is 32.7 Å². The second kappa shape index (κ2) is 26.6. The third kappa shape index (κ3) is 12.8. The van der Waals surface area contributed by atoms with Crippen LogP contribution in [0.4, 0.5) is 5.69 Å². The second-order valence-electron chi connectivity index (χ2n) is 21.5. The van der Waals surface area contributed by atoms with Crippen molar-refractivity contribution in [3.8, 4) is 0 Å². The lowest BCUT2D eigenvalue weighted by atomic mass is 9.59. The Balaban J connectivity index is 0.000000154. The van der Waals surface area contributed by atoms with Gasteiger partial charge in [0, 0.05) is 55.5 Å². The molecule has 0 spiro atoms. The number of nitrogens with zero attached hydrogens (tertiary/aromatic N) is 1. The van der Waals surface area contributed by atoms with E-state index in [9.17, 15) is 14.4 Å². The number of nitrogens with one attached hydrogen (secondary N) is 2. The van der Waals surface area contributed by atoms with Crippen LogP contribution in [0.2, 0.25) is 0 Å². The van der Waals surface area contributed by atoms with E-state index in [4.69, 9.17) is 17.2 Å². The van der Waals surface area contributed by atoms with Gasteiger partial charge in [0.05, 0.1) is 10.8 Å². The van der Waals surface area contributed by atoms with E-state index in [1.54, 1.807) is 0 Å². The normalized spacial score (nSPS) is 22.2. The number of anilines is 1. The lowest BCUT2D eigenvalue weighted by Crippen LogP contribution is -2.54. The Labute approximate surface area is 458 Å². The number of carbonyl (C=O) groups is 3. The molecule has 77 heavy (non-hydrogen) atoms. The number of nitrogens with two attached hydrogens (primary N) is 3. The molecule has 0 aliphatic carbocycles. The lowest BCUT2D eigenvalue weighted by Gasteiger charge is -2.45. The molecule has 3 aliphatic rings. The molecule has 0 saturated carbocycles. The highest BCUT2D eigenvalue weighted by atomic mass is 16.2. The van der Waals surface area contributed by atoms with E-state index in [0.717, 1.165) is 87.2 Å². The van der Waals surface area contributed by atoms with E-state index in [1.807, 2.05) is 79.7 Å². The predicted molar refractivity (Wildman–Crippen MR) is 314 cm³/mol. The molecular weight excluding hydrogens is 949 g/mol. The van der Waals surface area contributed by atoms with Crippen molar-refractivity contribution in [2.24, 2.45) is 40.9 Å². The first-order chi connectivity index (χ1) is 37.5. The first kappa shape index (κ1) is 55.9. The van der Waals surface area contributed by atoms with Gasteiger partial charge in [0.2, 0.25) is 17.7 Å². The Morgan fingerprint density at radius 2 is 0.974 bits per heavy atom. The summed E-state index contributed by atoms with van der Waals surface area (Å²) in [5, 5.41) is 7.05. The van der Waals surface area contributed by atoms with Gasteiger partial charge in [-0.1, -0.05) is 208 Å². The lowest BCUT2D eigenvalue weighted by molar-refractivity contribution is -0.127. The Bertz CT molecular complexity index is 2930. The molecule has 3 saturated heterocycles. The fourth-order valence-corrected chi connectivity index (χ4v) is 13.4. The van der Waals surface area contributed by atoms with Crippen LogP contribution >= 0.6 is 0 Å². The van der Waals surface area contributed by atoms with Crippen molar-refractivity contribution in [3.05, 3.63) is 245 Å². The summed E-state index contributed by atoms with van der Waals surface area (Å²) < 4.78 is 0. The number of carbonyl (C=O) groups excluding carboxylic acids is 3. The van der Waals surface area contributed by atoms with Crippen LogP contribution in [0.1, 0.15) is 96.2 Å². The van der Waals surface area contributed by atoms with Gasteiger partial charge in [-0.15, -0.1) is 0 Å².